The summed E-state index contributed by atoms with van der Waals surface area (Å²) in [5.74, 6) is -0.386. The number of halogens is 2. The van der Waals surface area contributed by atoms with Crippen molar-refractivity contribution in [3.8, 4) is 0 Å². The topological polar surface area (TPSA) is 53.4 Å². The lowest BCUT2D eigenvalue weighted by Crippen LogP contribution is -2.22. The highest BCUT2D eigenvalue weighted by Gasteiger charge is 2.25. The number of esters is 1. The lowest BCUT2D eigenvalue weighted by atomic mass is 10.2. The lowest BCUT2D eigenvalue weighted by Gasteiger charge is -2.16. The third-order valence-corrected chi connectivity index (χ3v) is 6.67. The first kappa shape index (κ1) is 19.7. The second-order valence-corrected chi connectivity index (χ2v) is 13.7. The Bertz CT molecular complexity index is 743. The van der Waals surface area contributed by atoms with Crippen molar-refractivity contribution in [3.63, 3.8) is 0 Å². The summed E-state index contributed by atoms with van der Waals surface area (Å²) in [5.41, 5.74) is 1.10. The summed E-state index contributed by atoms with van der Waals surface area (Å²) in [6.45, 7) is 10.1. The monoisotopic (exact) mass is 480 g/mol. The second kappa shape index (κ2) is 8.16. The van der Waals surface area contributed by atoms with Crippen molar-refractivity contribution in [2.45, 2.75) is 39.3 Å². The Hall–Kier alpha value is -0.643. The SMILES string of the molecule is CCOC(=O)c1c(I)n(COCC[Si](C)(C)C)c2nccc(Cl)c12. The van der Waals surface area contributed by atoms with Crippen LogP contribution in [0.3, 0.4) is 0 Å². The van der Waals surface area contributed by atoms with Crippen molar-refractivity contribution in [1.82, 2.24) is 9.55 Å². The van der Waals surface area contributed by atoms with Crippen molar-refractivity contribution < 1.29 is 14.3 Å². The zero-order valence-electron chi connectivity index (χ0n) is 14.4. The fourth-order valence-corrected chi connectivity index (χ4v) is 4.09. The van der Waals surface area contributed by atoms with Gasteiger partial charge in [0.2, 0.25) is 0 Å². The first-order valence-electron chi connectivity index (χ1n) is 7.83. The molecule has 0 aliphatic heterocycles. The fourth-order valence-electron chi connectivity index (χ4n) is 2.24. The number of fused-ring (bicyclic) bond motifs is 1. The minimum atomic E-state index is -1.14. The molecule has 0 fully saturated rings. The van der Waals surface area contributed by atoms with E-state index < -0.39 is 8.07 Å². The molecule has 0 aliphatic carbocycles. The molecule has 0 bridgehead atoms. The summed E-state index contributed by atoms with van der Waals surface area (Å²) < 4.78 is 13.6. The van der Waals surface area contributed by atoms with Gasteiger partial charge in [-0.05, 0) is 41.6 Å². The molecule has 0 saturated carbocycles. The highest BCUT2D eigenvalue weighted by molar-refractivity contribution is 14.1. The van der Waals surface area contributed by atoms with Gasteiger partial charge in [-0.2, -0.15) is 0 Å². The van der Waals surface area contributed by atoms with Crippen LogP contribution in [-0.4, -0.2) is 36.8 Å². The maximum absolute atomic E-state index is 12.3. The van der Waals surface area contributed by atoms with Crippen LogP contribution in [0.1, 0.15) is 17.3 Å². The van der Waals surface area contributed by atoms with E-state index in [0.717, 1.165) is 9.74 Å². The van der Waals surface area contributed by atoms with Crippen LogP contribution in [0.25, 0.3) is 11.0 Å². The normalized spacial score (nSPS) is 11.9. The molecule has 132 valence electrons. The lowest BCUT2D eigenvalue weighted by molar-refractivity contribution is 0.0525. The van der Waals surface area contributed by atoms with E-state index >= 15 is 0 Å². The van der Waals surface area contributed by atoms with Gasteiger partial charge in [-0.1, -0.05) is 31.2 Å². The molecule has 0 aromatic carbocycles. The number of carbonyl (C=O) groups is 1. The number of nitrogens with zero attached hydrogens (tertiary/aromatic N) is 2. The van der Waals surface area contributed by atoms with Gasteiger partial charge in [-0.15, -0.1) is 0 Å². The standard InChI is InChI=1S/C16H22ClIN2O3Si/c1-5-23-16(21)13-12-11(17)6-7-19-15(12)20(14(13)18)10-22-8-9-24(2,3)4/h6-7H,5,8-10H2,1-4H3. The summed E-state index contributed by atoms with van der Waals surface area (Å²) in [6, 6.07) is 2.76. The maximum atomic E-state index is 12.3. The van der Waals surface area contributed by atoms with Crippen molar-refractivity contribution >= 4 is 59.3 Å². The molecule has 8 heteroatoms. The average molecular weight is 481 g/mol. The summed E-state index contributed by atoms with van der Waals surface area (Å²) in [7, 11) is -1.14. The fraction of sp³-hybridized carbons (Fsp3) is 0.500. The number of rotatable bonds is 7. The van der Waals surface area contributed by atoms with Crippen LogP contribution in [0.4, 0.5) is 0 Å². The molecule has 2 aromatic rings. The quantitative estimate of drug-likeness (QED) is 0.248. The molecule has 24 heavy (non-hydrogen) atoms. The van der Waals surface area contributed by atoms with E-state index in [2.05, 4.69) is 47.2 Å². The third-order valence-electron chi connectivity index (χ3n) is 3.53. The van der Waals surface area contributed by atoms with Gasteiger partial charge in [0.1, 0.15) is 17.9 Å². The average Bonchev–Trinajstić information content (AvgIpc) is 2.77. The molecule has 2 rings (SSSR count). The number of pyridine rings is 1. The van der Waals surface area contributed by atoms with Crippen LogP contribution in [0.15, 0.2) is 12.3 Å². The predicted octanol–water partition coefficient (Wildman–Crippen LogP) is 4.78. The van der Waals surface area contributed by atoms with Gasteiger partial charge in [0.05, 0.1) is 20.7 Å². The van der Waals surface area contributed by atoms with Crippen molar-refractivity contribution in [1.29, 1.82) is 0 Å². The van der Waals surface area contributed by atoms with Gasteiger partial charge < -0.3 is 9.47 Å². The highest BCUT2D eigenvalue weighted by atomic mass is 127. The van der Waals surface area contributed by atoms with Crippen LogP contribution in [-0.2, 0) is 16.2 Å². The predicted molar refractivity (Wildman–Crippen MR) is 108 cm³/mol. The molecule has 0 saturated heterocycles. The minimum Gasteiger partial charge on any atom is -0.462 e. The highest BCUT2D eigenvalue weighted by Crippen LogP contribution is 2.32. The summed E-state index contributed by atoms with van der Waals surface area (Å²) >= 11 is 8.44. The van der Waals surface area contributed by atoms with E-state index in [4.69, 9.17) is 21.1 Å². The molecule has 0 N–H and O–H groups in total. The molecular weight excluding hydrogens is 459 g/mol. The van der Waals surface area contributed by atoms with Crippen molar-refractivity contribution in [3.05, 3.63) is 26.5 Å². The Morgan fingerprint density at radius 2 is 2.12 bits per heavy atom. The Kier molecular flexibility index (Phi) is 6.69. The Balaban J connectivity index is 2.35. The zero-order valence-corrected chi connectivity index (χ0v) is 18.3. The number of ether oxygens (including phenoxy) is 2. The largest absolute Gasteiger partial charge is 0.462 e. The minimum absolute atomic E-state index is 0.312. The molecule has 0 spiro atoms. The summed E-state index contributed by atoms with van der Waals surface area (Å²) in [6.07, 6.45) is 1.63. The van der Waals surface area contributed by atoms with Gasteiger partial charge in [-0.25, -0.2) is 9.78 Å². The molecule has 0 atom stereocenters. The van der Waals surface area contributed by atoms with Crippen molar-refractivity contribution in [2.24, 2.45) is 0 Å². The van der Waals surface area contributed by atoms with E-state index in [1.807, 2.05) is 4.57 Å². The first-order valence-corrected chi connectivity index (χ1v) is 13.0. The van der Waals surface area contributed by atoms with Gasteiger partial charge in [0.25, 0.3) is 0 Å². The smallest absolute Gasteiger partial charge is 0.341 e. The number of carbonyl (C=O) groups excluding carboxylic acids is 1. The Labute approximate surface area is 161 Å². The van der Waals surface area contributed by atoms with Crippen LogP contribution in [0.5, 0.6) is 0 Å². The molecule has 0 amide bonds. The van der Waals surface area contributed by atoms with Crippen LogP contribution >= 0.6 is 34.2 Å². The van der Waals surface area contributed by atoms with Gasteiger partial charge in [0, 0.05) is 20.9 Å². The Morgan fingerprint density at radius 1 is 1.42 bits per heavy atom. The molecule has 2 heterocycles. The number of hydrogen-bond acceptors (Lipinski definition) is 4. The van der Waals surface area contributed by atoms with Crippen molar-refractivity contribution in [2.75, 3.05) is 13.2 Å². The van der Waals surface area contributed by atoms with E-state index in [-0.39, 0.29) is 5.97 Å². The van der Waals surface area contributed by atoms with E-state index in [1.165, 1.54) is 0 Å². The molecule has 5 nitrogen and oxygen atoms in total. The molecule has 0 radical (unpaired) electrons. The second-order valence-electron chi connectivity index (χ2n) is 6.65. The van der Waals surface area contributed by atoms with Gasteiger partial charge >= 0.3 is 5.97 Å². The van der Waals surface area contributed by atoms with Crippen LogP contribution in [0.2, 0.25) is 30.7 Å². The summed E-state index contributed by atoms with van der Waals surface area (Å²) in [5, 5.41) is 1.11. The first-order chi connectivity index (χ1) is 11.3. The van der Waals surface area contributed by atoms with Crippen LogP contribution in [0, 0.1) is 3.70 Å². The van der Waals surface area contributed by atoms with Crippen LogP contribution < -0.4 is 0 Å². The van der Waals surface area contributed by atoms with Gasteiger partial charge in [-0.3, -0.25) is 4.57 Å². The molecule has 2 aromatic heterocycles. The third kappa shape index (κ3) is 4.50. The van der Waals surface area contributed by atoms with E-state index in [9.17, 15) is 4.79 Å². The molecule has 0 unspecified atom stereocenters. The van der Waals surface area contributed by atoms with Gasteiger partial charge in [0.15, 0.2) is 0 Å². The molecule has 0 aliphatic rings. The number of aromatic nitrogens is 2. The molecular formula is C16H22ClIN2O3Si. The maximum Gasteiger partial charge on any atom is 0.341 e. The van der Waals surface area contributed by atoms with E-state index in [0.29, 0.717) is 41.6 Å². The Morgan fingerprint density at radius 3 is 2.75 bits per heavy atom. The van der Waals surface area contributed by atoms with E-state index in [1.54, 1.807) is 19.2 Å². The summed E-state index contributed by atoms with van der Waals surface area (Å²) in [4.78, 5) is 16.7. The zero-order chi connectivity index (χ0) is 17.9. The number of hydrogen-bond donors (Lipinski definition) is 0.